The molecule has 0 radical (unpaired) electrons. The zero-order valence-electron chi connectivity index (χ0n) is 16.3. The number of hydrogen-bond acceptors (Lipinski definition) is 6. The number of Topliss-reactive ketones (excluding diaryl/α,β-unsaturated/α-hetero) is 1. The maximum absolute atomic E-state index is 12.8. The summed E-state index contributed by atoms with van der Waals surface area (Å²) in [4.78, 5) is 33.1. The summed E-state index contributed by atoms with van der Waals surface area (Å²) < 4.78 is 5.05. The van der Waals surface area contributed by atoms with Gasteiger partial charge in [0, 0.05) is 36.5 Å². The number of anilines is 2. The van der Waals surface area contributed by atoms with Crippen molar-refractivity contribution >= 4 is 23.2 Å². The molecular weight excluding hydrogens is 368 g/mol. The lowest BCUT2D eigenvalue weighted by Crippen LogP contribution is -2.16. The number of benzene rings is 2. The number of nitrogens with one attached hydrogen (secondary N) is 2. The number of methoxy groups -OCH3 is 1. The fourth-order valence-electron chi connectivity index (χ4n) is 2.64. The summed E-state index contributed by atoms with van der Waals surface area (Å²) in [7, 11) is 1.62. The van der Waals surface area contributed by atoms with E-state index in [-0.39, 0.29) is 17.4 Å². The van der Waals surface area contributed by atoms with E-state index in [9.17, 15) is 9.59 Å². The minimum Gasteiger partial charge on any atom is -0.383 e. The van der Waals surface area contributed by atoms with Crippen molar-refractivity contribution < 1.29 is 14.3 Å². The topological polar surface area (TPSA) is 93.2 Å². The fraction of sp³-hybridized carbons (Fsp3) is 0.182. The fourth-order valence-corrected chi connectivity index (χ4v) is 2.64. The zero-order chi connectivity index (χ0) is 20.6. The quantitative estimate of drug-likeness (QED) is 0.450. The average molecular weight is 390 g/mol. The average Bonchev–Trinajstić information content (AvgIpc) is 2.75. The summed E-state index contributed by atoms with van der Waals surface area (Å²) in [6, 6.07) is 17.8. The Morgan fingerprint density at radius 3 is 2.38 bits per heavy atom. The highest BCUT2D eigenvalue weighted by Gasteiger charge is 2.14. The second-order valence-corrected chi connectivity index (χ2v) is 6.34. The lowest BCUT2D eigenvalue weighted by atomic mass is 10.1. The van der Waals surface area contributed by atoms with Crippen molar-refractivity contribution in [2.75, 3.05) is 30.9 Å². The maximum Gasteiger partial charge on any atom is 0.274 e. The molecule has 0 saturated heterocycles. The Morgan fingerprint density at radius 2 is 1.72 bits per heavy atom. The molecule has 148 valence electrons. The lowest BCUT2D eigenvalue weighted by Gasteiger charge is -2.11. The van der Waals surface area contributed by atoms with Crippen molar-refractivity contribution in [3.8, 4) is 11.4 Å². The third-order valence-corrected chi connectivity index (χ3v) is 4.15. The standard InChI is InChI=1S/C22H22N4O3/c1-15(27)16-8-10-18(11-9-16)24-22(28)19-14-20(23-12-13-29-2)26-21(25-19)17-6-4-3-5-7-17/h3-11,14H,12-13H2,1-2H3,(H,24,28)(H,23,25,26). The molecule has 0 aliphatic rings. The Morgan fingerprint density at radius 1 is 1.00 bits per heavy atom. The molecule has 1 heterocycles. The molecule has 2 N–H and O–H groups in total. The van der Waals surface area contributed by atoms with Gasteiger partial charge in [0.15, 0.2) is 11.6 Å². The van der Waals surface area contributed by atoms with Crippen LogP contribution in [0.1, 0.15) is 27.8 Å². The monoisotopic (exact) mass is 390 g/mol. The molecule has 0 aliphatic carbocycles. The van der Waals surface area contributed by atoms with E-state index >= 15 is 0 Å². The SMILES string of the molecule is COCCNc1cc(C(=O)Nc2ccc(C(C)=O)cc2)nc(-c2ccccc2)n1. The maximum atomic E-state index is 12.8. The van der Waals surface area contributed by atoms with Gasteiger partial charge < -0.3 is 15.4 Å². The molecular formula is C22H22N4O3. The van der Waals surface area contributed by atoms with Gasteiger partial charge in [-0.1, -0.05) is 30.3 Å². The number of rotatable bonds is 8. The number of ether oxygens (including phenoxy) is 1. The molecule has 0 unspecified atom stereocenters. The van der Waals surface area contributed by atoms with Crippen molar-refractivity contribution in [2.24, 2.45) is 0 Å². The van der Waals surface area contributed by atoms with Gasteiger partial charge in [-0.15, -0.1) is 0 Å². The molecule has 29 heavy (non-hydrogen) atoms. The van der Waals surface area contributed by atoms with Gasteiger partial charge in [-0.05, 0) is 31.2 Å². The van der Waals surface area contributed by atoms with E-state index in [2.05, 4.69) is 20.6 Å². The molecule has 7 heteroatoms. The predicted molar refractivity (Wildman–Crippen MR) is 112 cm³/mol. The Labute approximate surface area is 169 Å². The zero-order valence-corrected chi connectivity index (χ0v) is 16.3. The third-order valence-electron chi connectivity index (χ3n) is 4.15. The van der Waals surface area contributed by atoms with Crippen LogP contribution < -0.4 is 10.6 Å². The molecule has 0 aliphatic heterocycles. The molecule has 0 bridgehead atoms. The Balaban J connectivity index is 1.86. The van der Waals surface area contributed by atoms with Crippen LogP contribution in [0, 0.1) is 0 Å². The highest BCUT2D eigenvalue weighted by Crippen LogP contribution is 2.19. The van der Waals surface area contributed by atoms with Gasteiger partial charge >= 0.3 is 0 Å². The minimum absolute atomic E-state index is 0.0297. The van der Waals surface area contributed by atoms with Crippen molar-refractivity contribution in [1.82, 2.24) is 9.97 Å². The summed E-state index contributed by atoms with van der Waals surface area (Å²) in [6.07, 6.45) is 0. The summed E-state index contributed by atoms with van der Waals surface area (Å²) in [5.74, 6) is 0.589. The summed E-state index contributed by atoms with van der Waals surface area (Å²) >= 11 is 0. The van der Waals surface area contributed by atoms with Crippen LogP contribution in [0.4, 0.5) is 11.5 Å². The van der Waals surface area contributed by atoms with Crippen molar-refractivity contribution in [2.45, 2.75) is 6.92 Å². The number of ketones is 1. The molecule has 1 amide bonds. The van der Waals surface area contributed by atoms with Gasteiger partial charge in [-0.3, -0.25) is 9.59 Å². The van der Waals surface area contributed by atoms with E-state index in [4.69, 9.17) is 4.74 Å². The van der Waals surface area contributed by atoms with Crippen LogP contribution in [0.2, 0.25) is 0 Å². The molecule has 7 nitrogen and oxygen atoms in total. The second-order valence-electron chi connectivity index (χ2n) is 6.34. The van der Waals surface area contributed by atoms with Gasteiger partial charge in [0.25, 0.3) is 5.91 Å². The number of carbonyl (C=O) groups is 2. The van der Waals surface area contributed by atoms with Crippen LogP contribution in [-0.4, -0.2) is 41.9 Å². The molecule has 3 aromatic rings. The van der Waals surface area contributed by atoms with Crippen LogP contribution in [0.5, 0.6) is 0 Å². The van der Waals surface area contributed by atoms with Crippen LogP contribution in [0.25, 0.3) is 11.4 Å². The van der Waals surface area contributed by atoms with Crippen LogP contribution >= 0.6 is 0 Å². The van der Waals surface area contributed by atoms with Gasteiger partial charge in [0.2, 0.25) is 0 Å². The summed E-state index contributed by atoms with van der Waals surface area (Å²) in [5.41, 5.74) is 2.20. The van der Waals surface area contributed by atoms with Crippen molar-refractivity contribution in [3.63, 3.8) is 0 Å². The van der Waals surface area contributed by atoms with E-state index in [1.54, 1.807) is 37.4 Å². The van der Waals surface area contributed by atoms with Gasteiger partial charge in [-0.2, -0.15) is 0 Å². The minimum atomic E-state index is -0.366. The predicted octanol–water partition coefficient (Wildman–Crippen LogP) is 3.66. The second kappa shape index (κ2) is 9.57. The molecule has 0 spiro atoms. The molecule has 0 atom stereocenters. The van der Waals surface area contributed by atoms with E-state index < -0.39 is 0 Å². The highest BCUT2D eigenvalue weighted by atomic mass is 16.5. The van der Waals surface area contributed by atoms with Crippen molar-refractivity contribution in [3.05, 3.63) is 71.9 Å². The lowest BCUT2D eigenvalue weighted by molar-refractivity contribution is 0.101. The smallest absolute Gasteiger partial charge is 0.274 e. The first kappa shape index (κ1) is 20.2. The number of nitrogens with zero attached hydrogens (tertiary/aromatic N) is 2. The van der Waals surface area contributed by atoms with E-state index in [1.807, 2.05) is 30.3 Å². The van der Waals surface area contributed by atoms with E-state index in [1.165, 1.54) is 6.92 Å². The molecule has 1 aromatic heterocycles. The van der Waals surface area contributed by atoms with Crippen LogP contribution in [-0.2, 0) is 4.74 Å². The largest absolute Gasteiger partial charge is 0.383 e. The normalized spacial score (nSPS) is 10.4. The summed E-state index contributed by atoms with van der Waals surface area (Å²) in [5, 5.41) is 5.95. The van der Waals surface area contributed by atoms with Gasteiger partial charge in [-0.25, -0.2) is 9.97 Å². The molecule has 0 fully saturated rings. The Kier molecular flexibility index (Phi) is 6.65. The highest BCUT2D eigenvalue weighted by molar-refractivity contribution is 6.04. The Bertz CT molecular complexity index is 989. The molecule has 2 aromatic carbocycles. The molecule has 3 rings (SSSR count). The Hall–Kier alpha value is -3.58. The number of aromatic nitrogens is 2. The summed E-state index contributed by atoms with van der Waals surface area (Å²) in [6.45, 7) is 2.56. The van der Waals surface area contributed by atoms with Crippen LogP contribution in [0.3, 0.4) is 0 Å². The van der Waals surface area contributed by atoms with E-state index in [0.29, 0.717) is 36.0 Å². The van der Waals surface area contributed by atoms with Gasteiger partial charge in [0.1, 0.15) is 11.5 Å². The first-order chi connectivity index (χ1) is 14.1. The van der Waals surface area contributed by atoms with Gasteiger partial charge in [0.05, 0.1) is 6.61 Å². The van der Waals surface area contributed by atoms with Crippen molar-refractivity contribution in [1.29, 1.82) is 0 Å². The number of amides is 1. The molecule has 0 saturated carbocycles. The van der Waals surface area contributed by atoms with E-state index in [0.717, 1.165) is 5.56 Å². The first-order valence-electron chi connectivity index (χ1n) is 9.16. The number of hydrogen-bond donors (Lipinski definition) is 2. The number of carbonyl (C=O) groups excluding carboxylic acids is 2. The van der Waals surface area contributed by atoms with Crippen LogP contribution in [0.15, 0.2) is 60.7 Å². The first-order valence-corrected chi connectivity index (χ1v) is 9.16. The third kappa shape index (κ3) is 5.46.